The summed E-state index contributed by atoms with van der Waals surface area (Å²) < 4.78 is 10.6. The van der Waals surface area contributed by atoms with Crippen molar-refractivity contribution in [1.82, 2.24) is 0 Å². The van der Waals surface area contributed by atoms with Crippen LogP contribution in [0.15, 0.2) is 18.2 Å². The minimum atomic E-state index is -0.786. The number of methoxy groups -OCH3 is 2. The van der Waals surface area contributed by atoms with Gasteiger partial charge in [0.05, 0.1) is 20.1 Å². The average Bonchev–Trinajstić information content (AvgIpc) is 2.57. The van der Waals surface area contributed by atoms with Crippen LogP contribution in [-0.4, -0.2) is 31.8 Å². The summed E-state index contributed by atoms with van der Waals surface area (Å²) in [7, 11) is 3.26. The summed E-state index contributed by atoms with van der Waals surface area (Å²) in [5.41, 5.74) is 6.75. The lowest BCUT2D eigenvalue weighted by Gasteiger charge is -2.19. The van der Waals surface area contributed by atoms with Gasteiger partial charge in [0, 0.05) is 6.54 Å². The Labute approximate surface area is 138 Å². The third kappa shape index (κ3) is 6.10. The molecule has 0 fully saturated rings. The fourth-order valence-corrected chi connectivity index (χ4v) is 2.82. The number of hydrogen-bond donors (Lipinski definition) is 2. The number of ether oxygens (including phenoxy) is 2. The second-order valence-electron chi connectivity index (χ2n) is 5.86. The lowest BCUT2D eigenvalue weighted by atomic mass is 9.88. The first kappa shape index (κ1) is 19.3. The van der Waals surface area contributed by atoms with Crippen molar-refractivity contribution >= 4 is 5.97 Å². The van der Waals surface area contributed by atoms with Gasteiger partial charge in [0.2, 0.25) is 0 Å². The average molecular weight is 323 g/mol. The van der Waals surface area contributed by atoms with Crippen molar-refractivity contribution in [3.63, 3.8) is 0 Å². The van der Waals surface area contributed by atoms with Crippen LogP contribution in [0.1, 0.15) is 38.2 Å². The molecule has 130 valence electrons. The molecule has 0 bridgehead atoms. The van der Waals surface area contributed by atoms with Crippen LogP contribution in [0.5, 0.6) is 11.5 Å². The summed E-state index contributed by atoms with van der Waals surface area (Å²) in [5, 5.41) is 9.12. The van der Waals surface area contributed by atoms with Gasteiger partial charge in [-0.25, -0.2) is 0 Å². The smallest absolute Gasteiger partial charge is 0.307 e. The van der Waals surface area contributed by atoms with E-state index in [0.717, 1.165) is 37.2 Å². The number of aliphatic carboxylic acids is 1. The molecule has 2 unspecified atom stereocenters. The molecule has 1 aromatic rings. The molecule has 0 heterocycles. The largest absolute Gasteiger partial charge is 0.493 e. The number of rotatable bonds is 11. The molecule has 0 saturated carbocycles. The second-order valence-corrected chi connectivity index (χ2v) is 5.86. The van der Waals surface area contributed by atoms with E-state index in [1.54, 1.807) is 14.2 Å². The van der Waals surface area contributed by atoms with E-state index in [2.05, 4.69) is 6.92 Å². The quantitative estimate of drug-likeness (QED) is 0.654. The predicted octanol–water partition coefficient (Wildman–Crippen LogP) is 3.10. The van der Waals surface area contributed by atoms with Crippen molar-refractivity contribution < 1.29 is 19.4 Å². The third-order valence-corrected chi connectivity index (χ3v) is 4.35. The fraction of sp³-hybridized carbons (Fsp3) is 0.611. The summed E-state index contributed by atoms with van der Waals surface area (Å²) in [4.78, 5) is 11.1. The number of carbonyl (C=O) groups is 1. The van der Waals surface area contributed by atoms with Crippen molar-refractivity contribution in [2.45, 2.75) is 39.0 Å². The highest BCUT2D eigenvalue weighted by molar-refractivity contribution is 5.70. The summed E-state index contributed by atoms with van der Waals surface area (Å²) in [6.45, 7) is 2.32. The Morgan fingerprint density at radius 3 is 2.48 bits per heavy atom. The van der Waals surface area contributed by atoms with Gasteiger partial charge in [0.15, 0.2) is 11.5 Å². The molecule has 5 nitrogen and oxygen atoms in total. The lowest BCUT2D eigenvalue weighted by Crippen LogP contribution is -2.25. The molecule has 23 heavy (non-hydrogen) atoms. The van der Waals surface area contributed by atoms with Gasteiger partial charge in [0.1, 0.15) is 0 Å². The molecule has 0 aromatic heterocycles. The highest BCUT2D eigenvalue weighted by Crippen LogP contribution is 2.29. The Morgan fingerprint density at radius 2 is 1.96 bits per heavy atom. The second kappa shape index (κ2) is 10.1. The Morgan fingerprint density at radius 1 is 1.26 bits per heavy atom. The van der Waals surface area contributed by atoms with Crippen molar-refractivity contribution in [1.29, 1.82) is 0 Å². The Kier molecular flexibility index (Phi) is 8.48. The molecule has 0 aliphatic carbocycles. The van der Waals surface area contributed by atoms with Crippen LogP contribution in [-0.2, 0) is 11.2 Å². The summed E-state index contributed by atoms with van der Waals surface area (Å²) in [6.07, 6.45) is 4.61. The van der Waals surface area contributed by atoms with Crippen molar-refractivity contribution in [2.75, 3.05) is 20.8 Å². The Bertz CT molecular complexity index is 490. The Hall–Kier alpha value is -1.75. The van der Waals surface area contributed by atoms with E-state index in [1.807, 2.05) is 18.2 Å². The highest BCUT2D eigenvalue weighted by atomic mass is 16.5. The standard InChI is InChI=1S/C18H29NO4/c1-4-13(10-15(12-19)18(20)21)6-5-7-14-8-9-16(22-2)17(11-14)23-3/h8-9,11,13,15H,4-7,10,12,19H2,1-3H3,(H,20,21). The van der Waals surface area contributed by atoms with E-state index >= 15 is 0 Å². The predicted molar refractivity (Wildman–Crippen MR) is 91.1 cm³/mol. The van der Waals surface area contributed by atoms with Gasteiger partial charge in [-0.1, -0.05) is 25.8 Å². The first-order valence-corrected chi connectivity index (χ1v) is 8.19. The van der Waals surface area contributed by atoms with E-state index in [4.69, 9.17) is 20.3 Å². The molecule has 0 radical (unpaired) electrons. The van der Waals surface area contributed by atoms with Gasteiger partial charge in [-0.05, 0) is 42.9 Å². The molecule has 1 rings (SSSR count). The topological polar surface area (TPSA) is 81.8 Å². The number of carboxylic acids is 1. The van der Waals surface area contributed by atoms with Crippen molar-refractivity contribution in [3.05, 3.63) is 23.8 Å². The van der Waals surface area contributed by atoms with Crippen LogP contribution >= 0.6 is 0 Å². The summed E-state index contributed by atoms with van der Waals surface area (Å²) >= 11 is 0. The molecule has 1 aromatic carbocycles. The van der Waals surface area contributed by atoms with Gasteiger partial charge in [-0.3, -0.25) is 4.79 Å². The van der Waals surface area contributed by atoms with E-state index < -0.39 is 11.9 Å². The van der Waals surface area contributed by atoms with E-state index in [0.29, 0.717) is 12.3 Å². The zero-order chi connectivity index (χ0) is 17.2. The van der Waals surface area contributed by atoms with E-state index in [9.17, 15) is 4.79 Å². The monoisotopic (exact) mass is 323 g/mol. The molecule has 5 heteroatoms. The lowest BCUT2D eigenvalue weighted by molar-refractivity contribution is -0.142. The van der Waals surface area contributed by atoms with Crippen LogP contribution in [0, 0.1) is 11.8 Å². The zero-order valence-electron chi connectivity index (χ0n) is 14.4. The molecule has 0 spiro atoms. The SMILES string of the molecule is CCC(CCCc1ccc(OC)c(OC)c1)CC(CN)C(=O)O. The third-order valence-electron chi connectivity index (χ3n) is 4.35. The van der Waals surface area contributed by atoms with Crippen LogP contribution in [0.25, 0.3) is 0 Å². The van der Waals surface area contributed by atoms with Crippen LogP contribution < -0.4 is 15.2 Å². The van der Waals surface area contributed by atoms with Crippen LogP contribution in [0.3, 0.4) is 0 Å². The normalized spacial score (nSPS) is 13.4. The molecule has 0 amide bonds. The first-order valence-electron chi connectivity index (χ1n) is 8.19. The van der Waals surface area contributed by atoms with E-state index in [-0.39, 0.29) is 6.54 Å². The first-order chi connectivity index (χ1) is 11.0. The zero-order valence-corrected chi connectivity index (χ0v) is 14.4. The van der Waals surface area contributed by atoms with E-state index in [1.165, 1.54) is 5.56 Å². The minimum absolute atomic E-state index is 0.210. The van der Waals surface area contributed by atoms with Gasteiger partial charge < -0.3 is 20.3 Å². The Balaban J connectivity index is 2.52. The molecular formula is C18H29NO4. The van der Waals surface area contributed by atoms with Gasteiger partial charge in [-0.2, -0.15) is 0 Å². The maximum atomic E-state index is 11.1. The fourth-order valence-electron chi connectivity index (χ4n) is 2.82. The number of hydrogen-bond acceptors (Lipinski definition) is 4. The number of aryl methyl sites for hydroxylation is 1. The molecular weight excluding hydrogens is 294 g/mol. The number of benzene rings is 1. The maximum absolute atomic E-state index is 11.1. The minimum Gasteiger partial charge on any atom is -0.493 e. The van der Waals surface area contributed by atoms with Gasteiger partial charge in [-0.15, -0.1) is 0 Å². The molecule has 0 aliphatic heterocycles. The van der Waals surface area contributed by atoms with Crippen LogP contribution in [0.4, 0.5) is 0 Å². The molecule has 0 aliphatic rings. The van der Waals surface area contributed by atoms with Gasteiger partial charge in [0.25, 0.3) is 0 Å². The number of nitrogens with two attached hydrogens (primary N) is 1. The number of carboxylic acid groups (broad SMARTS) is 1. The highest BCUT2D eigenvalue weighted by Gasteiger charge is 2.20. The van der Waals surface area contributed by atoms with Crippen molar-refractivity contribution in [3.8, 4) is 11.5 Å². The van der Waals surface area contributed by atoms with Crippen molar-refractivity contribution in [2.24, 2.45) is 17.6 Å². The van der Waals surface area contributed by atoms with Crippen LogP contribution in [0.2, 0.25) is 0 Å². The summed E-state index contributed by atoms with van der Waals surface area (Å²) in [5.74, 6) is 0.660. The molecule has 3 N–H and O–H groups in total. The molecule has 0 saturated heterocycles. The maximum Gasteiger partial charge on any atom is 0.307 e. The summed E-state index contributed by atoms with van der Waals surface area (Å²) in [6, 6.07) is 5.96. The van der Waals surface area contributed by atoms with Gasteiger partial charge >= 0.3 is 5.97 Å². The molecule has 2 atom stereocenters.